The molecule has 0 aromatic carbocycles. The van der Waals surface area contributed by atoms with Crippen LogP contribution in [0, 0.1) is 5.92 Å². The predicted molar refractivity (Wildman–Crippen MR) is 43.0 cm³/mol. The van der Waals surface area contributed by atoms with Gasteiger partial charge >= 0.3 is 0 Å². The number of halogens is 1. The molecule has 0 rings (SSSR count). The van der Waals surface area contributed by atoms with Crippen molar-refractivity contribution in [2.75, 3.05) is 20.6 Å². The van der Waals surface area contributed by atoms with Crippen molar-refractivity contribution >= 4 is 11.6 Å². The van der Waals surface area contributed by atoms with E-state index >= 15 is 0 Å². The van der Waals surface area contributed by atoms with Crippen LogP contribution in [0.1, 0.15) is 13.8 Å². The minimum atomic E-state index is 0.285. The zero-order valence-electron chi connectivity index (χ0n) is 6.69. The number of alkyl halides is 1. The molecule has 0 heterocycles. The van der Waals surface area contributed by atoms with Crippen molar-refractivity contribution in [1.29, 1.82) is 0 Å². The zero-order chi connectivity index (χ0) is 7.44. The SMILES string of the molecule is CC(Cl)C(C)CN(C)C. The second-order valence-corrected chi connectivity index (χ2v) is 3.61. The first-order valence-electron chi connectivity index (χ1n) is 3.33. The molecule has 56 valence electrons. The van der Waals surface area contributed by atoms with Gasteiger partial charge in [-0.15, -0.1) is 11.6 Å². The Labute approximate surface area is 63.0 Å². The highest BCUT2D eigenvalue weighted by molar-refractivity contribution is 6.20. The fraction of sp³-hybridized carbons (Fsp3) is 1.00. The standard InChI is InChI=1S/C7H16ClN/c1-6(7(2)8)5-9(3)4/h6-7H,5H2,1-4H3. The second-order valence-electron chi connectivity index (χ2n) is 2.92. The van der Waals surface area contributed by atoms with Gasteiger partial charge in [-0.05, 0) is 26.9 Å². The van der Waals surface area contributed by atoms with Crippen molar-refractivity contribution in [2.24, 2.45) is 5.92 Å². The van der Waals surface area contributed by atoms with Crippen LogP contribution in [-0.4, -0.2) is 30.9 Å². The lowest BCUT2D eigenvalue weighted by Crippen LogP contribution is -2.24. The van der Waals surface area contributed by atoms with E-state index < -0.39 is 0 Å². The molecule has 0 aromatic heterocycles. The van der Waals surface area contributed by atoms with Crippen LogP contribution in [0.3, 0.4) is 0 Å². The van der Waals surface area contributed by atoms with Crippen LogP contribution in [0.4, 0.5) is 0 Å². The molecule has 0 bridgehead atoms. The van der Waals surface area contributed by atoms with Gasteiger partial charge in [0.2, 0.25) is 0 Å². The molecule has 0 aliphatic carbocycles. The summed E-state index contributed by atoms with van der Waals surface area (Å²) in [4.78, 5) is 2.16. The highest BCUT2D eigenvalue weighted by Crippen LogP contribution is 2.09. The molecule has 0 amide bonds. The third kappa shape index (κ3) is 4.73. The molecule has 2 atom stereocenters. The van der Waals surface area contributed by atoms with E-state index in [2.05, 4.69) is 25.9 Å². The van der Waals surface area contributed by atoms with Crippen LogP contribution < -0.4 is 0 Å². The van der Waals surface area contributed by atoms with Gasteiger partial charge in [0.05, 0.1) is 0 Å². The molecule has 0 saturated heterocycles. The van der Waals surface area contributed by atoms with E-state index in [4.69, 9.17) is 11.6 Å². The molecule has 0 aliphatic heterocycles. The van der Waals surface area contributed by atoms with Crippen LogP contribution in [0.25, 0.3) is 0 Å². The second kappa shape index (κ2) is 4.13. The van der Waals surface area contributed by atoms with Crippen molar-refractivity contribution < 1.29 is 0 Å². The Morgan fingerprint density at radius 1 is 1.33 bits per heavy atom. The van der Waals surface area contributed by atoms with E-state index in [0.29, 0.717) is 5.92 Å². The largest absolute Gasteiger partial charge is 0.309 e. The summed E-state index contributed by atoms with van der Waals surface area (Å²) in [5, 5.41) is 0.285. The predicted octanol–water partition coefficient (Wildman–Crippen LogP) is 1.81. The first-order valence-corrected chi connectivity index (χ1v) is 3.76. The zero-order valence-corrected chi connectivity index (χ0v) is 7.44. The smallest absolute Gasteiger partial charge is 0.0345 e. The molecule has 0 aromatic rings. The quantitative estimate of drug-likeness (QED) is 0.554. The topological polar surface area (TPSA) is 3.24 Å². The summed E-state index contributed by atoms with van der Waals surface area (Å²) in [6.07, 6.45) is 0. The highest BCUT2D eigenvalue weighted by Gasteiger charge is 2.08. The summed E-state index contributed by atoms with van der Waals surface area (Å²) < 4.78 is 0. The van der Waals surface area contributed by atoms with Gasteiger partial charge in [-0.3, -0.25) is 0 Å². The van der Waals surface area contributed by atoms with Gasteiger partial charge < -0.3 is 4.90 Å². The molecule has 1 nitrogen and oxygen atoms in total. The van der Waals surface area contributed by atoms with E-state index in [-0.39, 0.29) is 5.38 Å². The van der Waals surface area contributed by atoms with E-state index in [1.165, 1.54) is 0 Å². The maximum atomic E-state index is 5.85. The van der Waals surface area contributed by atoms with Crippen LogP contribution in [0.15, 0.2) is 0 Å². The first-order chi connectivity index (χ1) is 4.04. The van der Waals surface area contributed by atoms with Crippen LogP contribution in [0.5, 0.6) is 0 Å². The summed E-state index contributed by atoms with van der Waals surface area (Å²) in [6, 6.07) is 0. The monoisotopic (exact) mass is 149 g/mol. The Morgan fingerprint density at radius 3 is 1.89 bits per heavy atom. The Balaban J connectivity index is 3.38. The molecule has 0 radical (unpaired) electrons. The third-order valence-corrected chi connectivity index (χ3v) is 1.87. The van der Waals surface area contributed by atoms with E-state index in [0.717, 1.165) is 6.54 Å². The van der Waals surface area contributed by atoms with Gasteiger partial charge in [0.25, 0.3) is 0 Å². The number of rotatable bonds is 3. The third-order valence-electron chi connectivity index (χ3n) is 1.44. The molecule has 0 saturated carbocycles. The van der Waals surface area contributed by atoms with Gasteiger partial charge in [-0.2, -0.15) is 0 Å². The summed E-state index contributed by atoms with van der Waals surface area (Å²) in [5.41, 5.74) is 0. The van der Waals surface area contributed by atoms with Gasteiger partial charge in [0, 0.05) is 11.9 Å². The Bertz CT molecular complexity index is 71.3. The minimum absolute atomic E-state index is 0.285. The summed E-state index contributed by atoms with van der Waals surface area (Å²) in [5.74, 6) is 0.585. The number of hydrogen-bond donors (Lipinski definition) is 0. The minimum Gasteiger partial charge on any atom is -0.309 e. The van der Waals surface area contributed by atoms with Crippen molar-refractivity contribution in [3.63, 3.8) is 0 Å². The molecule has 0 aliphatic rings. The van der Waals surface area contributed by atoms with Gasteiger partial charge in [-0.1, -0.05) is 6.92 Å². The lowest BCUT2D eigenvalue weighted by atomic mass is 10.1. The number of hydrogen-bond acceptors (Lipinski definition) is 1. The highest BCUT2D eigenvalue weighted by atomic mass is 35.5. The molecule has 0 spiro atoms. The lowest BCUT2D eigenvalue weighted by molar-refractivity contribution is 0.337. The maximum Gasteiger partial charge on any atom is 0.0345 e. The average molecular weight is 150 g/mol. The van der Waals surface area contributed by atoms with Crippen molar-refractivity contribution in [1.82, 2.24) is 4.90 Å². The van der Waals surface area contributed by atoms with E-state index in [9.17, 15) is 0 Å². The van der Waals surface area contributed by atoms with Gasteiger partial charge in [-0.25, -0.2) is 0 Å². The molecule has 2 unspecified atom stereocenters. The summed E-state index contributed by atoms with van der Waals surface area (Å²) >= 11 is 5.85. The molecule has 0 N–H and O–H groups in total. The van der Waals surface area contributed by atoms with Crippen molar-refractivity contribution in [3.05, 3.63) is 0 Å². The number of nitrogens with zero attached hydrogens (tertiary/aromatic N) is 1. The Hall–Kier alpha value is 0.250. The molecular weight excluding hydrogens is 134 g/mol. The molecule has 9 heavy (non-hydrogen) atoms. The fourth-order valence-electron chi connectivity index (χ4n) is 0.721. The normalized spacial score (nSPS) is 18.0. The average Bonchev–Trinajstić information content (AvgIpc) is 1.63. The lowest BCUT2D eigenvalue weighted by Gasteiger charge is -2.18. The maximum absolute atomic E-state index is 5.85. The van der Waals surface area contributed by atoms with E-state index in [1.54, 1.807) is 0 Å². The van der Waals surface area contributed by atoms with Gasteiger partial charge in [0.15, 0.2) is 0 Å². The molecule has 2 heteroatoms. The van der Waals surface area contributed by atoms with Crippen LogP contribution in [-0.2, 0) is 0 Å². The Kier molecular flexibility index (Phi) is 4.24. The van der Waals surface area contributed by atoms with E-state index in [1.807, 2.05) is 6.92 Å². The molecular formula is C7H16ClN. The summed E-state index contributed by atoms with van der Waals surface area (Å²) in [7, 11) is 4.13. The van der Waals surface area contributed by atoms with Crippen molar-refractivity contribution in [2.45, 2.75) is 19.2 Å². The van der Waals surface area contributed by atoms with Crippen molar-refractivity contribution in [3.8, 4) is 0 Å². The van der Waals surface area contributed by atoms with Crippen LogP contribution >= 0.6 is 11.6 Å². The fourth-order valence-corrected chi connectivity index (χ4v) is 0.801. The summed E-state index contributed by atoms with van der Waals surface area (Å²) in [6.45, 7) is 5.28. The first kappa shape index (κ1) is 9.25. The van der Waals surface area contributed by atoms with Crippen LogP contribution in [0.2, 0.25) is 0 Å². The van der Waals surface area contributed by atoms with Gasteiger partial charge in [0.1, 0.15) is 0 Å². The molecule has 0 fully saturated rings. The Morgan fingerprint density at radius 2 is 1.78 bits per heavy atom.